The zero-order valence-electron chi connectivity index (χ0n) is 9.77. The van der Waals surface area contributed by atoms with Gasteiger partial charge in [-0.15, -0.1) is 0 Å². The fourth-order valence-electron chi connectivity index (χ4n) is 1.38. The molecule has 19 heavy (non-hydrogen) atoms. The summed E-state index contributed by atoms with van der Waals surface area (Å²) in [6.45, 7) is -0.951. The topological polar surface area (TPSA) is 26.3 Å². The number of rotatable bonds is 7. The minimum atomic E-state index is -2.60. The van der Waals surface area contributed by atoms with Crippen molar-refractivity contribution in [3.05, 3.63) is 33.8 Å². The normalized spacial score (nSPS) is 11.1. The SMILES string of the molecule is O=C(CCOCC(F)F)Cc1c(F)ccc(Br)c1F. The highest BCUT2D eigenvalue weighted by atomic mass is 79.9. The number of carbonyl (C=O) groups is 1. The van der Waals surface area contributed by atoms with E-state index in [1.807, 2.05) is 0 Å². The maximum Gasteiger partial charge on any atom is 0.261 e. The molecule has 0 bridgehead atoms. The van der Waals surface area contributed by atoms with Crippen LogP contribution in [0, 0.1) is 11.6 Å². The van der Waals surface area contributed by atoms with Crippen molar-refractivity contribution in [2.75, 3.05) is 13.2 Å². The summed E-state index contributed by atoms with van der Waals surface area (Å²) in [4.78, 5) is 11.5. The zero-order valence-corrected chi connectivity index (χ0v) is 11.4. The molecule has 0 saturated carbocycles. The number of halogens is 5. The van der Waals surface area contributed by atoms with Gasteiger partial charge in [0.25, 0.3) is 6.43 Å². The molecule has 0 aliphatic carbocycles. The largest absolute Gasteiger partial charge is 0.375 e. The van der Waals surface area contributed by atoms with Gasteiger partial charge in [0.2, 0.25) is 0 Å². The average molecular weight is 343 g/mol. The van der Waals surface area contributed by atoms with Gasteiger partial charge in [-0.05, 0) is 28.1 Å². The Labute approximate surface area is 115 Å². The van der Waals surface area contributed by atoms with Crippen LogP contribution < -0.4 is 0 Å². The van der Waals surface area contributed by atoms with Gasteiger partial charge in [-0.25, -0.2) is 17.6 Å². The lowest BCUT2D eigenvalue weighted by Gasteiger charge is -2.06. The van der Waals surface area contributed by atoms with Crippen LogP contribution in [0.4, 0.5) is 17.6 Å². The molecule has 0 aliphatic heterocycles. The van der Waals surface area contributed by atoms with Gasteiger partial charge in [0.05, 0.1) is 11.1 Å². The van der Waals surface area contributed by atoms with E-state index in [1.54, 1.807) is 0 Å². The first-order valence-electron chi connectivity index (χ1n) is 5.41. The van der Waals surface area contributed by atoms with E-state index in [4.69, 9.17) is 0 Å². The maximum absolute atomic E-state index is 13.5. The van der Waals surface area contributed by atoms with E-state index in [2.05, 4.69) is 20.7 Å². The predicted molar refractivity (Wildman–Crippen MR) is 64.2 cm³/mol. The first-order valence-corrected chi connectivity index (χ1v) is 6.21. The molecule has 7 heteroatoms. The molecule has 0 amide bonds. The lowest BCUT2D eigenvalue weighted by molar-refractivity contribution is -0.120. The van der Waals surface area contributed by atoms with E-state index < -0.39 is 36.9 Å². The molecule has 1 aromatic carbocycles. The van der Waals surface area contributed by atoms with Gasteiger partial charge < -0.3 is 4.74 Å². The number of ether oxygens (including phenoxy) is 1. The van der Waals surface area contributed by atoms with Crippen molar-refractivity contribution < 1.29 is 27.1 Å². The quantitative estimate of drug-likeness (QED) is 0.430. The average Bonchev–Trinajstić information content (AvgIpc) is 2.35. The van der Waals surface area contributed by atoms with Crippen LogP contribution in [0.1, 0.15) is 12.0 Å². The van der Waals surface area contributed by atoms with Crippen LogP contribution in [0.3, 0.4) is 0 Å². The first kappa shape index (κ1) is 16.1. The molecule has 2 nitrogen and oxygen atoms in total. The van der Waals surface area contributed by atoms with Crippen LogP contribution >= 0.6 is 15.9 Å². The Morgan fingerprint density at radius 1 is 1.32 bits per heavy atom. The van der Waals surface area contributed by atoms with Gasteiger partial charge in [0, 0.05) is 18.4 Å². The van der Waals surface area contributed by atoms with Crippen LogP contribution in [-0.2, 0) is 16.0 Å². The summed E-state index contributed by atoms with van der Waals surface area (Å²) in [6.07, 6.45) is -3.21. The minimum Gasteiger partial charge on any atom is -0.375 e. The number of hydrogen-bond donors (Lipinski definition) is 0. The molecule has 0 saturated heterocycles. The second-order valence-corrected chi connectivity index (χ2v) is 4.61. The Kier molecular flexibility index (Phi) is 6.44. The molecule has 0 N–H and O–H groups in total. The third-order valence-electron chi connectivity index (χ3n) is 2.28. The highest BCUT2D eigenvalue weighted by Gasteiger charge is 2.15. The van der Waals surface area contributed by atoms with Crippen molar-refractivity contribution in [2.24, 2.45) is 0 Å². The monoisotopic (exact) mass is 342 g/mol. The van der Waals surface area contributed by atoms with Crippen molar-refractivity contribution in [3.8, 4) is 0 Å². The Hall–Kier alpha value is -0.950. The van der Waals surface area contributed by atoms with Crippen molar-refractivity contribution in [1.29, 1.82) is 0 Å². The second-order valence-electron chi connectivity index (χ2n) is 3.75. The molecule has 0 unspecified atom stereocenters. The van der Waals surface area contributed by atoms with Gasteiger partial charge in [0.1, 0.15) is 24.0 Å². The minimum absolute atomic E-state index is 0.0608. The molecule has 0 aromatic heterocycles. The van der Waals surface area contributed by atoms with Crippen molar-refractivity contribution in [3.63, 3.8) is 0 Å². The Bertz CT molecular complexity index is 452. The molecular weight excluding hydrogens is 332 g/mol. The zero-order chi connectivity index (χ0) is 14.4. The molecule has 0 fully saturated rings. The number of ketones is 1. The highest BCUT2D eigenvalue weighted by molar-refractivity contribution is 9.10. The first-order chi connectivity index (χ1) is 8.91. The van der Waals surface area contributed by atoms with Crippen LogP contribution in [-0.4, -0.2) is 25.4 Å². The van der Waals surface area contributed by atoms with Crippen LogP contribution in [0.25, 0.3) is 0 Å². The molecular formula is C12H11BrF4O2. The van der Waals surface area contributed by atoms with Gasteiger partial charge in [0.15, 0.2) is 0 Å². The summed E-state index contributed by atoms with van der Waals surface area (Å²) >= 11 is 2.89. The number of hydrogen-bond acceptors (Lipinski definition) is 2. The van der Waals surface area contributed by atoms with Crippen molar-refractivity contribution >= 4 is 21.7 Å². The van der Waals surface area contributed by atoms with Crippen molar-refractivity contribution in [2.45, 2.75) is 19.3 Å². The standard InChI is InChI=1S/C12H11BrF4O2/c13-9-1-2-10(14)8(12(9)17)5-7(18)3-4-19-6-11(15)16/h1-2,11H,3-6H2. The summed E-state index contributed by atoms with van der Waals surface area (Å²) in [5.41, 5.74) is -0.340. The molecule has 0 spiro atoms. The number of benzene rings is 1. The molecule has 0 atom stereocenters. The summed E-state index contributed by atoms with van der Waals surface area (Å²) in [5, 5.41) is 0. The molecule has 0 aliphatic rings. The van der Waals surface area contributed by atoms with Gasteiger partial charge in [-0.2, -0.15) is 0 Å². The number of alkyl halides is 2. The van der Waals surface area contributed by atoms with Gasteiger partial charge in [-0.1, -0.05) is 0 Å². The molecule has 0 heterocycles. The molecule has 1 rings (SSSR count). The second kappa shape index (κ2) is 7.59. The van der Waals surface area contributed by atoms with Crippen LogP contribution in [0.5, 0.6) is 0 Å². The van der Waals surface area contributed by atoms with Crippen LogP contribution in [0.2, 0.25) is 0 Å². The Morgan fingerprint density at radius 3 is 2.63 bits per heavy atom. The predicted octanol–water partition coefficient (Wildman–Crippen LogP) is 3.51. The fourth-order valence-corrected chi connectivity index (χ4v) is 1.75. The number of carbonyl (C=O) groups excluding carboxylic acids is 1. The summed E-state index contributed by atoms with van der Waals surface area (Å²) in [5.74, 6) is -2.13. The van der Waals surface area contributed by atoms with Gasteiger partial charge in [-0.3, -0.25) is 4.79 Å². The summed E-state index contributed by atoms with van der Waals surface area (Å²) in [6, 6.07) is 2.24. The van der Waals surface area contributed by atoms with Crippen LogP contribution in [0.15, 0.2) is 16.6 Å². The summed E-state index contributed by atoms with van der Waals surface area (Å²) in [7, 11) is 0. The van der Waals surface area contributed by atoms with E-state index in [9.17, 15) is 22.4 Å². The van der Waals surface area contributed by atoms with E-state index in [-0.39, 0.29) is 23.1 Å². The van der Waals surface area contributed by atoms with E-state index in [1.165, 1.54) is 6.07 Å². The molecule has 106 valence electrons. The van der Waals surface area contributed by atoms with E-state index >= 15 is 0 Å². The van der Waals surface area contributed by atoms with E-state index in [0.717, 1.165) is 6.07 Å². The maximum atomic E-state index is 13.5. The lowest BCUT2D eigenvalue weighted by atomic mass is 10.1. The Balaban J connectivity index is 2.51. The molecule has 1 aromatic rings. The fraction of sp³-hybridized carbons (Fsp3) is 0.417. The smallest absolute Gasteiger partial charge is 0.261 e. The highest BCUT2D eigenvalue weighted by Crippen LogP contribution is 2.22. The molecule has 0 radical (unpaired) electrons. The third kappa shape index (κ3) is 5.28. The summed E-state index contributed by atoms with van der Waals surface area (Å²) < 4.78 is 55.0. The van der Waals surface area contributed by atoms with Gasteiger partial charge >= 0.3 is 0 Å². The lowest BCUT2D eigenvalue weighted by Crippen LogP contribution is -2.12. The van der Waals surface area contributed by atoms with Crippen molar-refractivity contribution in [1.82, 2.24) is 0 Å². The Morgan fingerprint density at radius 2 is 2.00 bits per heavy atom. The third-order valence-corrected chi connectivity index (χ3v) is 2.89. The van der Waals surface area contributed by atoms with E-state index in [0.29, 0.717) is 0 Å². The number of Topliss-reactive ketones (excluding diaryl/α,β-unsaturated/α-hetero) is 1.